The fraction of sp³-hybridized carbons (Fsp3) is 0.357. The molecule has 0 saturated heterocycles. The summed E-state index contributed by atoms with van der Waals surface area (Å²) < 4.78 is 5.43. The lowest BCUT2D eigenvalue weighted by molar-refractivity contribution is 0.0193. The van der Waals surface area contributed by atoms with E-state index in [1.54, 1.807) is 18.2 Å². The van der Waals surface area contributed by atoms with Gasteiger partial charge in [0.1, 0.15) is 6.10 Å². The first-order chi connectivity index (χ1) is 7.65. The Morgan fingerprint density at radius 2 is 2.00 bits per heavy atom. The molecule has 0 N–H and O–H groups in total. The Bertz CT molecular complexity index is 341. The molecule has 0 spiro atoms. The van der Waals surface area contributed by atoms with Crippen molar-refractivity contribution >= 4 is 5.97 Å². The van der Waals surface area contributed by atoms with E-state index >= 15 is 0 Å². The highest BCUT2D eigenvalue weighted by Gasteiger charge is 2.17. The summed E-state index contributed by atoms with van der Waals surface area (Å²) >= 11 is 0. The van der Waals surface area contributed by atoms with Crippen molar-refractivity contribution in [1.82, 2.24) is 0 Å². The van der Waals surface area contributed by atoms with Crippen molar-refractivity contribution in [2.24, 2.45) is 5.92 Å². The minimum absolute atomic E-state index is 0.0924. The van der Waals surface area contributed by atoms with Gasteiger partial charge in [-0.25, -0.2) is 4.79 Å². The summed E-state index contributed by atoms with van der Waals surface area (Å²) in [6.07, 6.45) is 2.38. The molecule has 0 aliphatic carbocycles. The fourth-order valence-corrected chi connectivity index (χ4v) is 1.40. The topological polar surface area (TPSA) is 26.3 Å². The van der Waals surface area contributed by atoms with E-state index in [9.17, 15) is 4.79 Å². The molecule has 0 aromatic heterocycles. The monoisotopic (exact) mass is 218 g/mol. The molecule has 1 unspecified atom stereocenters. The predicted octanol–water partition coefficient (Wildman–Crippen LogP) is 3.44. The highest BCUT2D eigenvalue weighted by molar-refractivity contribution is 5.89. The molecular weight excluding hydrogens is 200 g/mol. The summed E-state index contributed by atoms with van der Waals surface area (Å²) in [6.45, 7) is 7.74. The second-order valence-electron chi connectivity index (χ2n) is 4.08. The Kier molecular flexibility index (Phi) is 4.77. The van der Waals surface area contributed by atoms with Crippen LogP contribution in [0.4, 0.5) is 0 Å². The first kappa shape index (κ1) is 12.5. The molecule has 0 aliphatic heterocycles. The zero-order valence-corrected chi connectivity index (χ0v) is 9.85. The Balaban J connectivity index is 2.65. The Morgan fingerprint density at radius 3 is 2.50 bits per heavy atom. The fourth-order valence-electron chi connectivity index (χ4n) is 1.40. The highest BCUT2D eigenvalue weighted by Crippen LogP contribution is 2.14. The van der Waals surface area contributed by atoms with E-state index in [0.29, 0.717) is 17.9 Å². The van der Waals surface area contributed by atoms with Crippen molar-refractivity contribution < 1.29 is 9.53 Å². The number of hydrogen-bond donors (Lipinski definition) is 0. The second-order valence-corrected chi connectivity index (χ2v) is 4.08. The van der Waals surface area contributed by atoms with Gasteiger partial charge in [-0.3, -0.25) is 0 Å². The maximum Gasteiger partial charge on any atom is 0.338 e. The average Bonchev–Trinajstić information content (AvgIpc) is 2.29. The molecule has 0 fully saturated rings. The molecule has 1 rings (SSSR count). The molecule has 1 atom stereocenters. The van der Waals surface area contributed by atoms with Crippen LogP contribution in [0.5, 0.6) is 0 Å². The van der Waals surface area contributed by atoms with Crippen molar-refractivity contribution in [2.75, 3.05) is 0 Å². The van der Waals surface area contributed by atoms with Gasteiger partial charge in [-0.2, -0.15) is 0 Å². The van der Waals surface area contributed by atoms with Gasteiger partial charge in [0.05, 0.1) is 5.56 Å². The normalized spacial score (nSPS) is 12.2. The number of ether oxygens (including phenoxy) is 1. The summed E-state index contributed by atoms with van der Waals surface area (Å²) in [6, 6.07) is 9.05. The van der Waals surface area contributed by atoms with Gasteiger partial charge in [-0.15, -0.1) is 6.58 Å². The molecule has 0 amide bonds. The van der Waals surface area contributed by atoms with Crippen molar-refractivity contribution in [1.29, 1.82) is 0 Å². The van der Waals surface area contributed by atoms with E-state index in [2.05, 4.69) is 6.58 Å². The zero-order chi connectivity index (χ0) is 12.0. The molecule has 0 saturated carbocycles. The molecule has 2 heteroatoms. The van der Waals surface area contributed by atoms with Crippen molar-refractivity contribution in [3.05, 3.63) is 48.6 Å². The minimum Gasteiger partial charge on any atom is -0.458 e. The number of benzene rings is 1. The molecule has 86 valence electrons. The molecule has 0 bridgehead atoms. The molecule has 0 radical (unpaired) electrons. The maximum absolute atomic E-state index is 11.8. The van der Waals surface area contributed by atoms with Crippen molar-refractivity contribution in [3.63, 3.8) is 0 Å². The van der Waals surface area contributed by atoms with Gasteiger partial charge in [0, 0.05) is 6.42 Å². The Labute approximate surface area is 96.9 Å². The number of hydrogen-bond acceptors (Lipinski definition) is 2. The third kappa shape index (κ3) is 3.54. The van der Waals surface area contributed by atoms with E-state index in [1.807, 2.05) is 32.0 Å². The van der Waals surface area contributed by atoms with Gasteiger partial charge in [-0.1, -0.05) is 38.1 Å². The summed E-state index contributed by atoms with van der Waals surface area (Å²) in [5, 5.41) is 0. The lowest BCUT2D eigenvalue weighted by Crippen LogP contribution is -2.23. The number of carbonyl (C=O) groups excluding carboxylic acids is 1. The van der Waals surface area contributed by atoms with Gasteiger partial charge in [0.2, 0.25) is 0 Å². The smallest absolute Gasteiger partial charge is 0.338 e. The number of carbonyl (C=O) groups is 1. The van der Waals surface area contributed by atoms with Crippen LogP contribution in [-0.2, 0) is 4.74 Å². The molecule has 1 aromatic carbocycles. The quantitative estimate of drug-likeness (QED) is 0.559. The number of rotatable bonds is 5. The van der Waals surface area contributed by atoms with E-state index in [4.69, 9.17) is 4.74 Å². The summed E-state index contributed by atoms with van der Waals surface area (Å²) in [4.78, 5) is 11.8. The van der Waals surface area contributed by atoms with E-state index < -0.39 is 0 Å². The standard InChI is InChI=1S/C14H18O2/c1-4-8-13(11(2)3)16-14(15)12-9-6-5-7-10-12/h4-7,9-11,13H,1,8H2,2-3H3. The largest absolute Gasteiger partial charge is 0.458 e. The first-order valence-electron chi connectivity index (χ1n) is 5.52. The van der Waals surface area contributed by atoms with Crippen LogP contribution in [0.15, 0.2) is 43.0 Å². The lowest BCUT2D eigenvalue weighted by Gasteiger charge is -2.19. The average molecular weight is 218 g/mol. The summed E-state index contributed by atoms with van der Waals surface area (Å²) in [5.41, 5.74) is 0.595. The van der Waals surface area contributed by atoms with Gasteiger partial charge in [-0.05, 0) is 18.1 Å². The van der Waals surface area contributed by atoms with E-state index in [0.717, 1.165) is 0 Å². The van der Waals surface area contributed by atoms with Crippen LogP contribution in [0, 0.1) is 5.92 Å². The SMILES string of the molecule is C=CCC(OC(=O)c1ccccc1)C(C)C. The zero-order valence-electron chi connectivity index (χ0n) is 9.85. The Morgan fingerprint density at radius 1 is 1.38 bits per heavy atom. The molecule has 0 aliphatic rings. The van der Waals surface area contributed by atoms with Crippen LogP contribution in [0.25, 0.3) is 0 Å². The van der Waals surface area contributed by atoms with E-state index in [1.165, 1.54) is 0 Å². The van der Waals surface area contributed by atoms with E-state index in [-0.39, 0.29) is 12.1 Å². The van der Waals surface area contributed by atoms with Crippen LogP contribution < -0.4 is 0 Å². The highest BCUT2D eigenvalue weighted by atomic mass is 16.5. The molecule has 1 aromatic rings. The second kappa shape index (κ2) is 6.11. The first-order valence-corrected chi connectivity index (χ1v) is 5.52. The van der Waals surface area contributed by atoms with Gasteiger partial charge in [0.25, 0.3) is 0 Å². The minimum atomic E-state index is -0.263. The maximum atomic E-state index is 11.8. The van der Waals surface area contributed by atoms with Crippen LogP contribution in [0.2, 0.25) is 0 Å². The van der Waals surface area contributed by atoms with Gasteiger partial charge in [0.15, 0.2) is 0 Å². The molecule has 16 heavy (non-hydrogen) atoms. The van der Waals surface area contributed by atoms with Gasteiger partial charge >= 0.3 is 5.97 Å². The van der Waals surface area contributed by atoms with Crippen LogP contribution >= 0.6 is 0 Å². The lowest BCUT2D eigenvalue weighted by atomic mass is 10.0. The third-order valence-corrected chi connectivity index (χ3v) is 2.41. The third-order valence-electron chi connectivity index (χ3n) is 2.41. The van der Waals surface area contributed by atoms with Crippen molar-refractivity contribution in [3.8, 4) is 0 Å². The Hall–Kier alpha value is -1.57. The van der Waals surface area contributed by atoms with Crippen molar-refractivity contribution in [2.45, 2.75) is 26.4 Å². The van der Waals surface area contributed by atoms with Gasteiger partial charge < -0.3 is 4.74 Å². The van der Waals surface area contributed by atoms with Crippen LogP contribution in [0.1, 0.15) is 30.6 Å². The summed E-state index contributed by atoms with van der Waals surface area (Å²) in [5.74, 6) is 0.0341. The number of esters is 1. The molecule has 2 nitrogen and oxygen atoms in total. The molecular formula is C14H18O2. The molecule has 0 heterocycles. The van der Waals surface area contributed by atoms with Crippen LogP contribution in [0.3, 0.4) is 0 Å². The van der Waals surface area contributed by atoms with Crippen LogP contribution in [-0.4, -0.2) is 12.1 Å². The predicted molar refractivity (Wildman–Crippen MR) is 65.3 cm³/mol. The summed E-state index contributed by atoms with van der Waals surface area (Å²) in [7, 11) is 0.